The van der Waals surface area contributed by atoms with Crippen molar-refractivity contribution in [3.8, 4) is 0 Å². The Balaban J connectivity index is 0.00000116. The molecule has 4 nitrogen and oxygen atoms in total. The maximum absolute atomic E-state index is 4.22. The Kier molecular flexibility index (Phi) is 10.0. The summed E-state index contributed by atoms with van der Waals surface area (Å²) in [6.07, 6.45) is 2.88. The van der Waals surface area contributed by atoms with Crippen LogP contribution >= 0.6 is 21.6 Å². The van der Waals surface area contributed by atoms with E-state index in [0.29, 0.717) is 0 Å². The Labute approximate surface area is 142 Å². The monoisotopic (exact) mass is 338 g/mol. The van der Waals surface area contributed by atoms with Crippen molar-refractivity contribution in [1.82, 2.24) is 19.9 Å². The molecule has 2 rings (SSSR count). The highest BCUT2D eigenvalue weighted by atomic mass is 33.1. The predicted molar refractivity (Wildman–Crippen MR) is 99.2 cm³/mol. The molecule has 1 aromatic heterocycles. The van der Waals surface area contributed by atoms with Gasteiger partial charge in [-0.15, -0.1) is 5.10 Å². The van der Waals surface area contributed by atoms with E-state index in [9.17, 15) is 0 Å². The van der Waals surface area contributed by atoms with Crippen molar-refractivity contribution in [3.05, 3.63) is 47.8 Å². The predicted octanol–water partition coefficient (Wildman–Crippen LogP) is 3.80. The second-order valence-electron chi connectivity index (χ2n) is 4.78. The van der Waals surface area contributed by atoms with Gasteiger partial charge in [0.25, 0.3) is 0 Å². The molecule has 122 valence electrons. The van der Waals surface area contributed by atoms with Crippen LogP contribution in [0.1, 0.15) is 25.1 Å². The number of hydrogen-bond acceptors (Lipinski definition) is 5. The van der Waals surface area contributed by atoms with E-state index in [1.54, 1.807) is 0 Å². The average Bonchev–Trinajstić information content (AvgIpc) is 2.97. The maximum Gasteiger partial charge on any atom is 0.0983 e. The van der Waals surface area contributed by atoms with Crippen LogP contribution in [0.4, 0.5) is 0 Å². The first-order chi connectivity index (χ1) is 10.7. The van der Waals surface area contributed by atoms with E-state index in [0.717, 1.165) is 30.3 Å². The number of hydrogen-bond donors (Lipinski definition) is 0. The zero-order chi connectivity index (χ0) is 16.2. The Morgan fingerprint density at radius 2 is 1.82 bits per heavy atom. The van der Waals surface area contributed by atoms with Crippen LogP contribution in [-0.2, 0) is 12.3 Å². The van der Waals surface area contributed by atoms with Gasteiger partial charge in [-0.3, -0.25) is 0 Å². The van der Waals surface area contributed by atoms with Gasteiger partial charge in [-0.2, -0.15) is 0 Å². The quantitative estimate of drug-likeness (QED) is 0.540. The van der Waals surface area contributed by atoms with E-state index >= 15 is 0 Å². The fourth-order valence-corrected chi connectivity index (χ4v) is 3.65. The van der Waals surface area contributed by atoms with Crippen LogP contribution in [0.5, 0.6) is 0 Å². The minimum Gasteiger partial charge on any atom is -0.309 e. The number of benzene rings is 1. The molecule has 0 aliphatic carbocycles. The molecule has 0 amide bonds. The van der Waals surface area contributed by atoms with Gasteiger partial charge in [0.05, 0.1) is 11.6 Å². The first-order valence-electron chi connectivity index (χ1n) is 7.56. The van der Waals surface area contributed by atoms with Crippen molar-refractivity contribution in [2.45, 2.75) is 26.1 Å². The highest BCUT2D eigenvalue weighted by molar-refractivity contribution is 8.76. The van der Waals surface area contributed by atoms with Crippen LogP contribution in [0.25, 0.3) is 0 Å². The average molecular weight is 339 g/mol. The zero-order valence-electron chi connectivity index (χ0n) is 13.9. The lowest BCUT2D eigenvalue weighted by molar-refractivity contribution is 0.438. The van der Waals surface area contributed by atoms with E-state index in [4.69, 9.17) is 0 Å². The first kappa shape index (κ1) is 19.1. The maximum atomic E-state index is 4.22. The van der Waals surface area contributed by atoms with Crippen molar-refractivity contribution in [2.24, 2.45) is 0 Å². The number of nitrogens with zero attached hydrogens (tertiary/aromatic N) is 4. The smallest absolute Gasteiger partial charge is 0.0983 e. The lowest BCUT2D eigenvalue weighted by Crippen LogP contribution is -2.14. The molecule has 1 heterocycles. The SMILES string of the molecule is CC.CN(C)CCSSCn1cc(Cc2ccccc2)nn1. The molecular weight excluding hydrogens is 312 g/mol. The third-order valence-corrected chi connectivity index (χ3v) is 4.91. The Morgan fingerprint density at radius 3 is 2.50 bits per heavy atom. The van der Waals surface area contributed by atoms with Gasteiger partial charge in [0.1, 0.15) is 0 Å². The minimum absolute atomic E-state index is 0.847. The van der Waals surface area contributed by atoms with E-state index in [1.165, 1.54) is 5.56 Å². The fraction of sp³-hybridized carbons (Fsp3) is 0.500. The zero-order valence-corrected chi connectivity index (χ0v) is 15.5. The van der Waals surface area contributed by atoms with Gasteiger partial charge in [0.2, 0.25) is 0 Å². The van der Waals surface area contributed by atoms with Gasteiger partial charge in [-0.1, -0.05) is 71.0 Å². The summed E-state index contributed by atoms with van der Waals surface area (Å²) < 4.78 is 1.91. The lowest BCUT2D eigenvalue weighted by Gasteiger charge is -2.07. The normalized spacial score (nSPS) is 10.4. The van der Waals surface area contributed by atoms with E-state index < -0.39 is 0 Å². The largest absolute Gasteiger partial charge is 0.309 e. The molecular formula is C16H26N4S2. The molecule has 6 heteroatoms. The molecule has 0 fully saturated rings. The summed E-state index contributed by atoms with van der Waals surface area (Å²) >= 11 is 0. The number of rotatable bonds is 8. The molecule has 0 unspecified atom stereocenters. The highest BCUT2D eigenvalue weighted by Gasteiger charge is 2.02. The van der Waals surface area contributed by atoms with Crippen LogP contribution in [0, 0.1) is 0 Å². The molecule has 2 aromatic rings. The van der Waals surface area contributed by atoms with Crippen LogP contribution in [0.2, 0.25) is 0 Å². The highest BCUT2D eigenvalue weighted by Crippen LogP contribution is 2.22. The van der Waals surface area contributed by atoms with Crippen LogP contribution in [0.15, 0.2) is 36.5 Å². The molecule has 1 aromatic carbocycles. The lowest BCUT2D eigenvalue weighted by atomic mass is 10.1. The summed E-state index contributed by atoms with van der Waals surface area (Å²) in [6, 6.07) is 10.4. The third-order valence-electron chi connectivity index (χ3n) is 2.70. The van der Waals surface area contributed by atoms with E-state index in [1.807, 2.05) is 52.4 Å². The third kappa shape index (κ3) is 7.87. The molecule has 0 aliphatic rings. The van der Waals surface area contributed by atoms with Crippen LogP contribution in [-0.4, -0.2) is 46.3 Å². The molecule has 0 N–H and O–H groups in total. The summed E-state index contributed by atoms with van der Waals surface area (Å²) in [6.45, 7) is 5.11. The summed E-state index contributed by atoms with van der Waals surface area (Å²) in [7, 11) is 7.89. The summed E-state index contributed by atoms with van der Waals surface area (Å²) in [5.41, 5.74) is 2.29. The minimum atomic E-state index is 0.847. The standard InChI is InChI=1S/C14H20N4S2.C2H6/c1-17(2)8-9-19-20-12-18-11-14(15-16-18)10-13-6-4-3-5-7-13;1-2/h3-7,11H,8-10,12H2,1-2H3;1-2H3. The van der Waals surface area contributed by atoms with Crippen molar-refractivity contribution < 1.29 is 0 Å². The van der Waals surface area contributed by atoms with Gasteiger partial charge in [0, 0.05) is 24.9 Å². The van der Waals surface area contributed by atoms with Gasteiger partial charge < -0.3 is 4.90 Å². The molecule has 0 radical (unpaired) electrons. The molecule has 0 saturated heterocycles. The molecule has 0 aliphatic heterocycles. The van der Waals surface area contributed by atoms with Crippen molar-refractivity contribution >= 4 is 21.6 Å². The second kappa shape index (κ2) is 11.6. The van der Waals surface area contributed by atoms with Crippen LogP contribution in [0.3, 0.4) is 0 Å². The first-order valence-corrected chi connectivity index (χ1v) is 10.0. The van der Waals surface area contributed by atoms with Crippen molar-refractivity contribution in [1.29, 1.82) is 0 Å². The Morgan fingerprint density at radius 1 is 1.09 bits per heavy atom. The Bertz CT molecular complexity index is 500. The van der Waals surface area contributed by atoms with Gasteiger partial charge >= 0.3 is 0 Å². The topological polar surface area (TPSA) is 34.0 Å². The molecule has 0 spiro atoms. The number of aromatic nitrogens is 3. The fourth-order valence-electron chi connectivity index (χ4n) is 1.66. The van der Waals surface area contributed by atoms with Crippen molar-refractivity contribution in [3.63, 3.8) is 0 Å². The summed E-state index contributed by atoms with van der Waals surface area (Å²) in [5, 5.41) is 8.39. The Hall–Kier alpha value is -0.980. The molecule has 0 bridgehead atoms. The van der Waals surface area contributed by atoms with Gasteiger partial charge in [-0.25, -0.2) is 4.68 Å². The molecule has 0 saturated carbocycles. The van der Waals surface area contributed by atoms with E-state index in [-0.39, 0.29) is 0 Å². The molecule has 22 heavy (non-hydrogen) atoms. The van der Waals surface area contributed by atoms with E-state index in [2.05, 4.69) is 53.6 Å². The van der Waals surface area contributed by atoms with Crippen LogP contribution < -0.4 is 0 Å². The van der Waals surface area contributed by atoms with Crippen molar-refractivity contribution in [2.75, 3.05) is 26.4 Å². The summed E-state index contributed by atoms with van der Waals surface area (Å²) in [4.78, 5) is 2.20. The molecule has 0 atom stereocenters. The summed E-state index contributed by atoms with van der Waals surface area (Å²) in [5.74, 6) is 1.98. The van der Waals surface area contributed by atoms with Gasteiger partial charge in [-0.05, 0) is 19.7 Å². The second-order valence-corrected chi connectivity index (χ2v) is 7.34. The van der Waals surface area contributed by atoms with Gasteiger partial charge in [0.15, 0.2) is 0 Å².